The molecule has 0 spiro atoms. The van der Waals surface area contributed by atoms with Gasteiger partial charge in [-0.1, -0.05) is 45.4 Å². The third-order valence-corrected chi connectivity index (χ3v) is 4.24. The molecule has 0 unspecified atom stereocenters. The minimum absolute atomic E-state index is 0.302. The van der Waals surface area contributed by atoms with Crippen LogP contribution >= 0.6 is 0 Å². The van der Waals surface area contributed by atoms with Gasteiger partial charge in [0.15, 0.2) is 5.78 Å². The molecule has 0 atom stereocenters. The summed E-state index contributed by atoms with van der Waals surface area (Å²) in [4.78, 5) is 12.5. The molecule has 0 bridgehead atoms. The summed E-state index contributed by atoms with van der Waals surface area (Å²) in [6.45, 7) is 6.13. The highest BCUT2D eigenvalue weighted by Gasteiger charge is 2.39. The fourth-order valence-corrected chi connectivity index (χ4v) is 2.95. The van der Waals surface area contributed by atoms with Crippen molar-refractivity contribution in [2.24, 2.45) is 0 Å². The van der Waals surface area contributed by atoms with Gasteiger partial charge in [0.05, 0.1) is 0 Å². The van der Waals surface area contributed by atoms with Gasteiger partial charge in [0.1, 0.15) is 5.60 Å². The number of Topliss-reactive ketones (excluding diaryl/α,β-unsaturated/α-hetero) is 1. The minimum Gasteiger partial charge on any atom is -0.381 e. The number of unbranched alkanes of at least 4 members (excludes halogenated alkanes) is 6. The molecule has 0 aromatic carbocycles. The number of hydrogen-bond donors (Lipinski definition) is 0. The minimum atomic E-state index is -0.533. The van der Waals surface area contributed by atoms with Gasteiger partial charge in [0.25, 0.3) is 0 Å². The third kappa shape index (κ3) is 5.92. The van der Waals surface area contributed by atoms with E-state index in [1.54, 1.807) is 0 Å². The van der Waals surface area contributed by atoms with Crippen molar-refractivity contribution in [1.29, 1.82) is 0 Å². The largest absolute Gasteiger partial charge is 0.381 e. The first-order valence-electron chi connectivity index (χ1n) is 8.50. The first-order valence-corrected chi connectivity index (χ1v) is 8.50. The van der Waals surface area contributed by atoms with Crippen molar-refractivity contribution in [3.05, 3.63) is 0 Å². The van der Waals surface area contributed by atoms with Crippen molar-refractivity contribution >= 4 is 5.78 Å². The Balaban J connectivity index is 2.21. The van der Waals surface area contributed by atoms with Crippen LogP contribution in [0.3, 0.4) is 0 Å². The molecule has 0 saturated carbocycles. The summed E-state index contributed by atoms with van der Waals surface area (Å²) in [5.74, 6) is 0.302. The number of carbonyl (C=O) groups excluding carboxylic acids is 1. The van der Waals surface area contributed by atoms with Crippen molar-refractivity contribution in [3.8, 4) is 0 Å². The molecule has 0 aromatic heterocycles. The molecule has 0 aliphatic carbocycles. The lowest BCUT2D eigenvalue weighted by molar-refractivity contribution is -0.157. The van der Waals surface area contributed by atoms with Crippen LogP contribution in [0.4, 0.5) is 0 Å². The maximum atomic E-state index is 12.5. The molecule has 0 aromatic rings. The van der Waals surface area contributed by atoms with Gasteiger partial charge in [0.2, 0.25) is 0 Å². The standard InChI is InChI=1S/C17H32O3/c1-3-5-6-7-8-9-10-11-16(18)17(20-4-2)12-14-19-15-13-17/h3-15H2,1-2H3. The highest BCUT2D eigenvalue weighted by Crippen LogP contribution is 2.28. The molecule has 1 fully saturated rings. The lowest BCUT2D eigenvalue weighted by Gasteiger charge is -2.35. The van der Waals surface area contributed by atoms with E-state index in [0.29, 0.717) is 32.0 Å². The number of ketones is 1. The molecule has 3 nitrogen and oxygen atoms in total. The normalized spacial score (nSPS) is 18.1. The third-order valence-electron chi connectivity index (χ3n) is 4.24. The predicted octanol–water partition coefficient (Wildman–Crippen LogP) is 4.28. The second-order valence-electron chi connectivity index (χ2n) is 5.83. The predicted molar refractivity (Wildman–Crippen MR) is 82.0 cm³/mol. The second kappa shape index (κ2) is 10.3. The Bertz CT molecular complexity index is 251. The molecular formula is C17H32O3. The fourth-order valence-electron chi connectivity index (χ4n) is 2.95. The van der Waals surface area contributed by atoms with Crippen LogP contribution in [0, 0.1) is 0 Å². The van der Waals surface area contributed by atoms with E-state index in [1.807, 2.05) is 6.92 Å². The summed E-state index contributed by atoms with van der Waals surface area (Å²) in [5.41, 5.74) is -0.533. The van der Waals surface area contributed by atoms with Crippen LogP contribution in [0.5, 0.6) is 0 Å². The van der Waals surface area contributed by atoms with Crippen molar-refractivity contribution < 1.29 is 14.3 Å². The zero-order valence-electron chi connectivity index (χ0n) is 13.4. The van der Waals surface area contributed by atoms with Gasteiger partial charge in [0, 0.05) is 39.1 Å². The summed E-state index contributed by atoms with van der Waals surface area (Å²) in [7, 11) is 0. The Morgan fingerprint density at radius 1 is 1.00 bits per heavy atom. The van der Waals surface area contributed by atoms with Gasteiger partial charge in [-0.3, -0.25) is 4.79 Å². The molecule has 1 aliphatic heterocycles. The molecule has 0 N–H and O–H groups in total. The lowest BCUT2D eigenvalue weighted by atomic mass is 9.86. The maximum Gasteiger partial charge on any atom is 0.164 e. The van der Waals surface area contributed by atoms with Gasteiger partial charge in [-0.15, -0.1) is 0 Å². The van der Waals surface area contributed by atoms with Crippen molar-refractivity contribution in [2.75, 3.05) is 19.8 Å². The summed E-state index contributed by atoms with van der Waals surface area (Å²) in [6.07, 6.45) is 10.9. The SMILES string of the molecule is CCCCCCCCCC(=O)C1(OCC)CCOCC1. The molecule has 118 valence electrons. The van der Waals surface area contributed by atoms with Crippen LogP contribution < -0.4 is 0 Å². The summed E-state index contributed by atoms with van der Waals surface area (Å²) >= 11 is 0. The van der Waals surface area contributed by atoms with Crippen molar-refractivity contribution in [3.63, 3.8) is 0 Å². The lowest BCUT2D eigenvalue weighted by Crippen LogP contribution is -2.46. The number of ether oxygens (including phenoxy) is 2. The van der Waals surface area contributed by atoms with Gasteiger partial charge in [-0.2, -0.15) is 0 Å². The molecular weight excluding hydrogens is 252 g/mol. The average Bonchev–Trinajstić information content (AvgIpc) is 2.47. The fraction of sp³-hybridized carbons (Fsp3) is 0.941. The molecule has 1 saturated heterocycles. The first-order chi connectivity index (χ1) is 9.75. The number of carbonyl (C=O) groups is 1. The molecule has 0 amide bonds. The van der Waals surface area contributed by atoms with E-state index >= 15 is 0 Å². The zero-order chi connectivity index (χ0) is 14.7. The quantitative estimate of drug-likeness (QED) is 0.531. The molecule has 0 radical (unpaired) electrons. The first kappa shape index (κ1) is 17.6. The summed E-state index contributed by atoms with van der Waals surface area (Å²) < 4.78 is 11.2. The Labute approximate surface area is 124 Å². The van der Waals surface area contributed by atoms with E-state index < -0.39 is 5.60 Å². The van der Waals surface area contributed by atoms with E-state index in [-0.39, 0.29) is 0 Å². The van der Waals surface area contributed by atoms with Gasteiger partial charge >= 0.3 is 0 Å². The molecule has 1 heterocycles. The molecule has 1 aliphatic rings. The van der Waals surface area contributed by atoms with Crippen LogP contribution in [0.25, 0.3) is 0 Å². The van der Waals surface area contributed by atoms with Crippen LogP contribution in [-0.2, 0) is 14.3 Å². The second-order valence-corrected chi connectivity index (χ2v) is 5.83. The zero-order valence-corrected chi connectivity index (χ0v) is 13.4. The van der Waals surface area contributed by atoms with E-state index in [2.05, 4.69) is 6.92 Å². The van der Waals surface area contributed by atoms with Crippen molar-refractivity contribution in [2.45, 2.75) is 83.7 Å². The van der Waals surface area contributed by atoms with Gasteiger partial charge in [-0.25, -0.2) is 0 Å². The van der Waals surface area contributed by atoms with Crippen molar-refractivity contribution in [1.82, 2.24) is 0 Å². The molecule has 20 heavy (non-hydrogen) atoms. The topological polar surface area (TPSA) is 35.5 Å². The molecule has 3 heteroatoms. The van der Waals surface area contributed by atoms with Crippen LogP contribution in [0.1, 0.15) is 78.1 Å². The maximum absolute atomic E-state index is 12.5. The van der Waals surface area contributed by atoms with E-state index in [9.17, 15) is 4.79 Å². The van der Waals surface area contributed by atoms with E-state index in [4.69, 9.17) is 9.47 Å². The highest BCUT2D eigenvalue weighted by molar-refractivity contribution is 5.87. The van der Waals surface area contributed by atoms with Crippen LogP contribution in [0.2, 0.25) is 0 Å². The summed E-state index contributed by atoms with van der Waals surface area (Å²) in [6, 6.07) is 0. The van der Waals surface area contributed by atoms with E-state index in [0.717, 1.165) is 19.3 Å². The average molecular weight is 284 g/mol. The van der Waals surface area contributed by atoms with Crippen LogP contribution in [0.15, 0.2) is 0 Å². The highest BCUT2D eigenvalue weighted by atomic mass is 16.5. The van der Waals surface area contributed by atoms with Gasteiger partial charge < -0.3 is 9.47 Å². The number of hydrogen-bond acceptors (Lipinski definition) is 3. The Morgan fingerprint density at radius 2 is 1.60 bits per heavy atom. The number of rotatable bonds is 11. The summed E-state index contributed by atoms with van der Waals surface area (Å²) in [5, 5.41) is 0. The molecule has 1 rings (SSSR count). The monoisotopic (exact) mass is 284 g/mol. The van der Waals surface area contributed by atoms with Gasteiger partial charge in [-0.05, 0) is 13.3 Å². The Hall–Kier alpha value is -0.410. The van der Waals surface area contributed by atoms with Crippen LogP contribution in [-0.4, -0.2) is 31.2 Å². The smallest absolute Gasteiger partial charge is 0.164 e. The van der Waals surface area contributed by atoms with E-state index in [1.165, 1.54) is 38.5 Å². The Kier molecular flexibility index (Phi) is 9.12. The Morgan fingerprint density at radius 3 is 2.20 bits per heavy atom.